The van der Waals surface area contributed by atoms with Crippen LogP contribution < -0.4 is 20.3 Å². The number of ether oxygens (including phenoxy) is 2. The summed E-state index contributed by atoms with van der Waals surface area (Å²) in [5, 5.41) is 2.99. The molecule has 2 aromatic carbocycles. The van der Waals surface area contributed by atoms with Crippen LogP contribution in [0.1, 0.15) is 32.4 Å². The first-order chi connectivity index (χ1) is 14.8. The van der Waals surface area contributed by atoms with Crippen LogP contribution in [0.3, 0.4) is 0 Å². The Kier molecular flexibility index (Phi) is 6.89. The van der Waals surface area contributed by atoms with Gasteiger partial charge < -0.3 is 14.8 Å². The molecule has 0 radical (unpaired) electrons. The van der Waals surface area contributed by atoms with E-state index in [9.17, 15) is 14.0 Å². The van der Waals surface area contributed by atoms with Gasteiger partial charge in [0.05, 0.1) is 37.0 Å². The Balaban J connectivity index is 1.71. The zero-order valence-corrected chi connectivity index (χ0v) is 18.0. The van der Waals surface area contributed by atoms with Crippen molar-refractivity contribution in [3.05, 3.63) is 64.5 Å². The number of fused-ring (bicyclic) bond motifs is 1. The van der Waals surface area contributed by atoms with Gasteiger partial charge in [0.15, 0.2) is 11.5 Å². The largest absolute Gasteiger partial charge is 0.493 e. The van der Waals surface area contributed by atoms with Crippen LogP contribution in [-0.2, 0) is 11.3 Å². The maximum atomic E-state index is 13.5. The van der Waals surface area contributed by atoms with Gasteiger partial charge >= 0.3 is 0 Å². The van der Waals surface area contributed by atoms with Crippen LogP contribution in [-0.4, -0.2) is 29.2 Å². The van der Waals surface area contributed by atoms with Gasteiger partial charge in [0, 0.05) is 0 Å². The van der Waals surface area contributed by atoms with Crippen LogP contribution in [0.25, 0.3) is 10.9 Å². The summed E-state index contributed by atoms with van der Waals surface area (Å²) in [6.07, 6.45) is 1.29. The Bertz CT molecular complexity index is 1140. The first-order valence-electron chi connectivity index (χ1n) is 10.0. The van der Waals surface area contributed by atoms with Crippen molar-refractivity contribution in [2.24, 2.45) is 5.92 Å². The van der Waals surface area contributed by atoms with Gasteiger partial charge in [-0.1, -0.05) is 19.9 Å². The van der Waals surface area contributed by atoms with Gasteiger partial charge in [-0.05, 0) is 48.7 Å². The topological polar surface area (TPSA) is 82.5 Å². The molecule has 1 amide bonds. The number of nitrogens with one attached hydrogen (secondary N) is 1. The fraction of sp³-hybridized carbons (Fsp3) is 0.348. The molecule has 1 atom stereocenters. The summed E-state index contributed by atoms with van der Waals surface area (Å²) in [5.74, 6) is 0.700. The molecule has 8 heteroatoms. The zero-order valence-electron chi connectivity index (χ0n) is 18.0. The molecular formula is C23H26FN3O4. The zero-order chi connectivity index (χ0) is 22.5. The number of amides is 1. The van der Waals surface area contributed by atoms with Crippen molar-refractivity contribution in [2.75, 3.05) is 13.7 Å². The van der Waals surface area contributed by atoms with Crippen LogP contribution >= 0.6 is 0 Å². The minimum Gasteiger partial charge on any atom is -0.493 e. The SMILES string of the molecule is COc1cc(C(C)NC(=O)Cn2cnc3ccc(F)cc3c2=O)ccc1OCC(C)C. The van der Waals surface area contributed by atoms with Crippen molar-refractivity contribution < 1.29 is 18.7 Å². The average Bonchev–Trinajstić information content (AvgIpc) is 2.74. The number of carbonyl (C=O) groups is 1. The number of nitrogens with zero attached hydrogens (tertiary/aromatic N) is 2. The lowest BCUT2D eigenvalue weighted by Crippen LogP contribution is -2.34. The summed E-state index contributed by atoms with van der Waals surface area (Å²) in [6, 6.07) is 8.94. The molecular weight excluding hydrogens is 401 g/mol. The van der Waals surface area contributed by atoms with Crippen molar-refractivity contribution in [1.29, 1.82) is 0 Å². The number of hydrogen-bond acceptors (Lipinski definition) is 5. The minimum absolute atomic E-state index is 0.130. The molecule has 0 aliphatic heterocycles. The van der Waals surface area contributed by atoms with E-state index in [1.165, 1.54) is 18.5 Å². The highest BCUT2D eigenvalue weighted by molar-refractivity contribution is 5.79. The fourth-order valence-corrected chi connectivity index (χ4v) is 3.10. The molecule has 3 aromatic rings. The van der Waals surface area contributed by atoms with Gasteiger partial charge in [0.25, 0.3) is 5.56 Å². The predicted molar refractivity (Wildman–Crippen MR) is 116 cm³/mol. The van der Waals surface area contributed by atoms with E-state index >= 15 is 0 Å². The maximum Gasteiger partial charge on any atom is 0.261 e. The van der Waals surface area contributed by atoms with Crippen molar-refractivity contribution in [1.82, 2.24) is 14.9 Å². The first-order valence-corrected chi connectivity index (χ1v) is 10.0. The maximum absolute atomic E-state index is 13.5. The third kappa shape index (κ3) is 5.39. The van der Waals surface area contributed by atoms with E-state index in [4.69, 9.17) is 9.47 Å². The molecule has 164 valence electrons. The molecule has 0 saturated heterocycles. The lowest BCUT2D eigenvalue weighted by atomic mass is 10.1. The second-order valence-corrected chi connectivity index (χ2v) is 7.74. The molecule has 1 unspecified atom stereocenters. The molecule has 3 rings (SSSR count). The van der Waals surface area contributed by atoms with E-state index in [-0.39, 0.29) is 23.9 Å². The number of halogens is 1. The van der Waals surface area contributed by atoms with E-state index in [2.05, 4.69) is 24.1 Å². The third-order valence-corrected chi connectivity index (χ3v) is 4.74. The normalized spacial score (nSPS) is 12.1. The molecule has 31 heavy (non-hydrogen) atoms. The van der Waals surface area contributed by atoms with E-state index < -0.39 is 11.4 Å². The molecule has 1 N–H and O–H groups in total. The molecule has 0 aliphatic carbocycles. The van der Waals surface area contributed by atoms with Gasteiger partial charge in [0.2, 0.25) is 5.91 Å². The highest BCUT2D eigenvalue weighted by Gasteiger charge is 2.15. The minimum atomic E-state index is -0.531. The van der Waals surface area contributed by atoms with Crippen LogP contribution in [0.5, 0.6) is 11.5 Å². The molecule has 0 fully saturated rings. The standard InChI is InChI=1S/C23H26FN3O4/c1-14(2)12-31-20-8-5-16(9-21(20)30-4)15(3)26-22(28)11-27-13-25-19-7-6-17(24)10-18(19)23(27)29/h5-10,13-15H,11-12H2,1-4H3,(H,26,28). The Hall–Kier alpha value is -3.42. The van der Waals surface area contributed by atoms with E-state index in [1.807, 2.05) is 25.1 Å². The molecule has 0 aliphatic rings. The van der Waals surface area contributed by atoms with Gasteiger partial charge in [-0.15, -0.1) is 0 Å². The summed E-state index contributed by atoms with van der Waals surface area (Å²) in [4.78, 5) is 29.2. The fourth-order valence-electron chi connectivity index (χ4n) is 3.10. The molecule has 1 aromatic heterocycles. The number of benzene rings is 2. The van der Waals surface area contributed by atoms with Gasteiger partial charge in [0.1, 0.15) is 12.4 Å². The number of carbonyl (C=O) groups excluding carboxylic acids is 1. The Labute approximate surface area is 179 Å². The van der Waals surface area contributed by atoms with Crippen LogP contribution in [0, 0.1) is 11.7 Å². The Morgan fingerprint density at radius 2 is 1.94 bits per heavy atom. The van der Waals surface area contributed by atoms with Crippen molar-refractivity contribution in [3.63, 3.8) is 0 Å². The number of aromatic nitrogens is 2. The molecule has 0 bridgehead atoms. The van der Waals surface area contributed by atoms with E-state index in [0.29, 0.717) is 29.5 Å². The monoisotopic (exact) mass is 427 g/mol. The third-order valence-electron chi connectivity index (χ3n) is 4.74. The van der Waals surface area contributed by atoms with Crippen molar-refractivity contribution in [2.45, 2.75) is 33.4 Å². The Morgan fingerprint density at radius 3 is 2.65 bits per heavy atom. The Morgan fingerprint density at radius 1 is 1.16 bits per heavy atom. The lowest BCUT2D eigenvalue weighted by molar-refractivity contribution is -0.122. The smallest absolute Gasteiger partial charge is 0.261 e. The molecule has 7 nitrogen and oxygen atoms in total. The van der Waals surface area contributed by atoms with Gasteiger partial charge in [-0.25, -0.2) is 9.37 Å². The highest BCUT2D eigenvalue weighted by Crippen LogP contribution is 2.30. The summed E-state index contributed by atoms with van der Waals surface area (Å²) in [6.45, 7) is 6.30. The molecule has 0 spiro atoms. The average molecular weight is 427 g/mol. The highest BCUT2D eigenvalue weighted by atomic mass is 19.1. The second kappa shape index (κ2) is 9.59. The number of rotatable bonds is 8. The number of methoxy groups -OCH3 is 1. The van der Waals surface area contributed by atoms with Crippen LogP contribution in [0.2, 0.25) is 0 Å². The summed E-state index contributed by atoms with van der Waals surface area (Å²) >= 11 is 0. The van der Waals surface area contributed by atoms with Gasteiger partial charge in [-0.3, -0.25) is 14.2 Å². The van der Waals surface area contributed by atoms with Crippen LogP contribution in [0.15, 0.2) is 47.5 Å². The lowest BCUT2D eigenvalue weighted by Gasteiger charge is -2.18. The molecule has 1 heterocycles. The second-order valence-electron chi connectivity index (χ2n) is 7.74. The summed E-state index contributed by atoms with van der Waals surface area (Å²) < 4.78 is 25.8. The van der Waals surface area contributed by atoms with Crippen molar-refractivity contribution >= 4 is 16.8 Å². The van der Waals surface area contributed by atoms with E-state index in [0.717, 1.165) is 16.2 Å². The van der Waals surface area contributed by atoms with Crippen molar-refractivity contribution in [3.8, 4) is 11.5 Å². The van der Waals surface area contributed by atoms with Gasteiger partial charge in [-0.2, -0.15) is 0 Å². The molecule has 0 saturated carbocycles. The summed E-state index contributed by atoms with van der Waals surface area (Å²) in [5.41, 5.74) is 0.733. The first kappa shape index (κ1) is 22.3. The number of hydrogen-bond donors (Lipinski definition) is 1. The predicted octanol–water partition coefficient (Wildman–Crippen LogP) is 3.46. The summed E-state index contributed by atoms with van der Waals surface area (Å²) in [7, 11) is 1.56. The van der Waals surface area contributed by atoms with E-state index in [1.54, 1.807) is 7.11 Å². The quantitative estimate of drug-likeness (QED) is 0.595. The van der Waals surface area contributed by atoms with Crippen LogP contribution in [0.4, 0.5) is 4.39 Å².